The Balaban J connectivity index is -0.000000823. The van der Waals surface area contributed by atoms with Crippen molar-refractivity contribution in [2.75, 3.05) is 0 Å². The Labute approximate surface area is 630 Å². The van der Waals surface area contributed by atoms with Gasteiger partial charge >= 0.3 is 181 Å². The third-order valence-corrected chi connectivity index (χ3v) is 10.9. The summed E-state index contributed by atoms with van der Waals surface area (Å²) in [5, 5.41) is 26.3. The largest absolute Gasteiger partial charge is 0.506 e. The number of carbonyl (C=O) groups excluding carboxylic acids is 3. The summed E-state index contributed by atoms with van der Waals surface area (Å²) < 4.78 is 847. The summed E-state index contributed by atoms with van der Waals surface area (Å²) in [4.78, 5) is 33.8. The maximum atomic E-state index is 14.0. The molecule has 0 bridgehead atoms. The van der Waals surface area contributed by atoms with Crippen molar-refractivity contribution in [1.82, 2.24) is 0 Å². The molecule has 0 aromatic heterocycles. The summed E-state index contributed by atoms with van der Waals surface area (Å²) in [5.41, 5.74) is 0. The van der Waals surface area contributed by atoms with Gasteiger partial charge in [-0.05, 0) is 0 Å². The van der Waals surface area contributed by atoms with Gasteiger partial charge in [-0.25, -0.2) is 0 Å². The van der Waals surface area contributed by atoms with Gasteiger partial charge in [-0.2, -0.15) is 290 Å². The third-order valence-electron chi connectivity index (χ3n) is 10.9. The first kappa shape index (κ1) is 119. The van der Waals surface area contributed by atoms with Crippen molar-refractivity contribution in [2.24, 2.45) is 0 Å². The van der Waals surface area contributed by atoms with E-state index in [0.717, 1.165) is 0 Å². The molecule has 0 spiro atoms. The van der Waals surface area contributed by atoms with E-state index in [2.05, 4.69) is 0 Å². The van der Waals surface area contributed by atoms with Gasteiger partial charge in [0.2, 0.25) is 17.3 Å². The molecule has 703 valence electrons. The average molecular weight is 2070 g/mol. The first-order valence-electron chi connectivity index (χ1n) is 23.9. The zero-order valence-electron chi connectivity index (χ0n) is 50.1. The molecule has 118 heavy (non-hydrogen) atoms. The van der Waals surface area contributed by atoms with Crippen LogP contribution in [-0.2, 0) is 42.8 Å². The zero-order valence-corrected chi connectivity index (χ0v) is 52.5. The van der Waals surface area contributed by atoms with Gasteiger partial charge in [0.15, 0.2) is 17.3 Å². The van der Waals surface area contributed by atoms with E-state index in [1.165, 1.54) is 28.4 Å². The minimum Gasteiger partial charge on any atom is -0.506 e. The summed E-state index contributed by atoms with van der Waals surface area (Å²) >= 11 is 0. The molecule has 0 rings (SSSR count). The van der Waals surface area contributed by atoms with Crippen molar-refractivity contribution in [2.45, 2.75) is 181 Å². The second-order valence-corrected chi connectivity index (χ2v) is 19.4. The maximum Gasteiger partial charge on any atom is 0.462 e. The van der Waals surface area contributed by atoms with E-state index >= 15 is 0 Å². The second kappa shape index (κ2) is 33.4. The van der Waals surface area contributed by atoms with Gasteiger partial charge in [-0.15, -0.1) is 0 Å². The molecule has 0 aliphatic carbocycles. The first-order valence-corrected chi connectivity index (χ1v) is 23.9. The molecule has 6 unspecified atom stereocenters. The summed E-state index contributed by atoms with van der Waals surface area (Å²) in [6.45, 7) is 0. The number of hydrogen-bond acceptors (Lipinski definition) is 12. The Morgan fingerprint density at radius 1 is 0.161 bits per heavy atom. The van der Waals surface area contributed by atoms with Gasteiger partial charge in [0.05, 0.1) is 0 Å². The minimum atomic E-state index is -7.88. The van der Waals surface area contributed by atoms with Crippen molar-refractivity contribution in [3.05, 3.63) is 35.5 Å². The van der Waals surface area contributed by atoms with Crippen LogP contribution >= 0.6 is 0 Å². The average Bonchev–Trinajstić information content (AvgIpc) is 0.748. The van der Waals surface area contributed by atoms with E-state index in [1.54, 1.807) is 0 Å². The molecular formula is C39H6EuF66O12. The standard InChI is InChI=1S/3C13H2F22O4.Eu/c3*14-4(8(20,21)22,38-12(32,33)6(16,17)10(26,27)28)2(36)1-3(37)5(15,9(23,24)25)39-13(34,35)7(18,19)11(29,30)31;/h3*1,36H;/b3*2-1-;. The molecule has 12 nitrogen and oxygen atoms in total. The SMILES string of the molecule is O=C(/C=C(\O)C(F)(OC(F)(F)C(F)(F)C(F)(F)F)C(F)(F)F)C(F)(OC(F)(F)C(F)(F)C(F)(F)F)C(F)(F)F.O=C(/C=C(\O)C(F)(OC(F)(F)C(F)(F)C(F)(F)F)C(F)(F)F)C(F)(OC(F)(F)C(F)(F)C(F)(F)F)C(F)(F)F.O=C(/C=C(\O)C(F)(OC(F)(F)C(F)(F)C(F)(F)F)C(F)(F)F)C(F)(OC(F)(F)C(F)(F)C(F)(F)F)C(F)(F)F.[Eu]. The topological polar surface area (TPSA) is 167 Å². The quantitative estimate of drug-likeness (QED) is 0.0405. The molecular weight excluding hydrogens is 2070 g/mol. The van der Waals surface area contributed by atoms with Gasteiger partial charge in [-0.1, -0.05) is 0 Å². The van der Waals surface area contributed by atoms with Crippen molar-refractivity contribution in [3.8, 4) is 0 Å². The van der Waals surface area contributed by atoms with Crippen LogP contribution in [0.5, 0.6) is 0 Å². The van der Waals surface area contributed by atoms with Gasteiger partial charge in [0, 0.05) is 67.6 Å². The molecule has 6 atom stereocenters. The number of carbonyl (C=O) groups is 3. The fraction of sp³-hybridized carbons (Fsp3) is 0.769. The number of ether oxygens (including phenoxy) is 6. The summed E-state index contributed by atoms with van der Waals surface area (Å²) in [6.07, 6.45) is -147. The number of halogens is 66. The maximum absolute atomic E-state index is 14.0. The molecule has 1 radical (unpaired) electrons. The number of rotatable bonds is 27. The minimum absolute atomic E-state index is 0. The van der Waals surface area contributed by atoms with E-state index in [4.69, 9.17) is 15.3 Å². The predicted octanol–water partition coefficient (Wildman–Crippen LogP) is 21.2. The number of aliphatic hydroxyl groups is 3. The fourth-order valence-corrected chi connectivity index (χ4v) is 4.87. The van der Waals surface area contributed by atoms with Crippen molar-refractivity contribution in [3.63, 3.8) is 0 Å². The molecule has 0 saturated heterocycles. The Morgan fingerprint density at radius 3 is 0.322 bits per heavy atom. The monoisotopic (exact) mass is 2070 g/mol. The molecule has 0 amide bonds. The summed E-state index contributed by atoms with van der Waals surface area (Å²) in [5.74, 6) is -119. The van der Waals surface area contributed by atoms with Gasteiger partial charge in [-0.3, -0.25) is 42.8 Å². The molecule has 0 aliphatic rings. The molecule has 0 fully saturated rings. The number of ketones is 3. The normalized spacial score (nSPS) is 18.8. The van der Waals surface area contributed by atoms with E-state index in [1.807, 2.05) is 0 Å². The Morgan fingerprint density at radius 2 is 0.246 bits per heavy atom. The Hall–Kier alpha value is -5.65. The Bertz CT molecular complexity index is 3180. The first-order chi connectivity index (χ1) is 49.4. The Kier molecular flexibility index (Phi) is 33.6. The van der Waals surface area contributed by atoms with Gasteiger partial charge in [0.1, 0.15) is 0 Å². The van der Waals surface area contributed by atoms with Crippen LogP contribution in [0.3, 0.4) is 0 Å². The molecule has 0 aromatic rings. The fourth-order valence-electron chi connectivity index (χ4n) is 4.87. The van der Waals surface area contributed by atoms with Crippen LogP contribution < -0.4 is 0 Å². The van der Waals surface area contributed by atoms with E-state index in [9.17, 15) is 304 Å². The zero-order chi connectivity index (χ0) is 96.8. The number of alkyl halides is 66. The van der Waals surface area contributed by atoms with Crippen LogP contribution in [0.4, 0.5) is 290 Å². The molecule has 0 saturated carbocycles. The van der Waals surface area contributed by atoms with Crippen LogP contribution in [0.2, 0.25) is 0 Å². The molecule has 0 heterocycles. The van der Waals surface area contributed by atoms with E-state index in [0.29, 0.717) is 0 Å². The number of aliphatic hydroxyl groups excluding tert-OH is 3. The van der Waals surface area contributed by atoms with Gasteiger partial charge < -0.3 is 15.3 Å². The molecule has 79 heteroatoms. The van der Waals surface area contributed by atoms with Crippen LogP contribution in [0.1, 0.15) is 0 Å². The van der Waals surface area contributed by atoms with Crippen LogP contribution in [-0.4, -0.2) is 214 Å². The van der Waals surface area contributed by atoms with E-state index < -0.39 is 234 Å². The van der Waals surface area contributed by atoms with Crippen molar-refractivity contribution >= 4 is 17.3 Å². The smallest absolute Gasteiger partial charge is 0.462 e. The third kappa shape index (κ3) is 22.8. The molecule has 3 N–H and O–H groups in total. The van der Waals surface area contributed by atoms with Crippen LogP contribution in [0, 0.1) is 49.4 Å². The molecule has 0 aliphatic heterocycles. The number of hydrogen-bond donors (Lipinski definition) is 3. The van der Waals surface area contributed by atoms with Crippen molar-refractivity contribution < 1.29 is 397 Å². The predicted molar refractivity (Wildman–Crippen MR) is 209 cm³/mol. The van der Waals surface area contributed by atoms with Crippen LogP contribution in [0.15, 0.2) is 35.5 Å². The summed E-state index contributed by atoms with van der Waals surface area (Å²) in [6, 6.07) is 0. The van der Waals surface area contributed by atoms with Crippen molar-refractivity contribution in [1.29, 1.82) is 0 Å². The van der Waals surface area contributed by atoms with E-state index in [-0.39, 0.29) is 49.4 Å². The molecule has 0 aromatic carbocycles. The van der Waals surface area contributed by atoms with Crippen LogP contribution in [0.25, 0.3) is 0 Å². The second-order valence-electron chi connectivity index (χ2n) is 19.4. The van der Waals surface area contributed by atoms with Gasteiger partial charge in [0.25, 0.3) is 0 Å². The summed E-state index contributed by atoms with van der Waals surface area (Å²) in [7, 11) is 0.